The Morgan fingerprint density at radius 2 is 1.83 bits per heavy atom. The number of amides is 1. The number of anilines is 1. The molecule has 0 saturated carbocycles. The molecule has 0 radical (unpaired) electrons. The van der Waals surface area contributed by atoms with E-state index in [4.69, 9.17) is 9.47 Å². The van der Waals surface area contributed by atoms with E-state index in [0.717, 1.165) is 54.9 Å². The summed E-state index contributed by atoms with van der Waals surface area (Å²) in [6.45, 7) is 5.87. The summed E-state index contributed by atoms with van der Waals surface area (Å²) in [5.74, 6) is -0.0464. The zero-order chi connectivity index (χ0) is 20.4. The molecule has 29 heavy (non-hydrogen) atoms. The van der Waals surface area contributed by atoms with E-state index in [-0.39, 0.29) is 18.4 Å². The van der Waals surface area contributed by atoms with Crippen LogP contribution in [0.2, 0.25) is 0 Å². The number of rotatable bonds is 5. The van der Waals surface area contributed by atoms with Crippen LogP contribution in [0.3, 0.4) is 0 Å². The van der Waals surface area contributed by atoms with Gasteiger partial charge in [0.2, 0.25) is 12.7 Å². The minimum absolute atomic E-state index is 0.136. The average molecular weight is 403 g/mol. The lowest BCUT2D eigenvalue weighted by Gasteiger charge is -2.37. The topological polar surface area (TPSA) is 54.0 Å². The van der Waals surface area contributed by atoms with Gasteiger partial charge in [-0.2, -0.15) is 0 Å². The van der Waals surface area contributed by atoms with Crippen LogP contribution in [0, 0.1) is 11.6 Å². The third-order valence-electron chi connectivity index (χ3n) is 5.36. The van der Waals surface area contributed by atoms with Crippen molar-refractivity contribution in [2.24, 2.45) is 0 Å². The maximum Gasteiger partial charge on any atom is 0.241 e. The number of carbonyl (C=O) groups is 1. The van der Waals surface area contributed by atoms with Crippen molar-refractivity contribution < 1.29 is 23.0 Å². The van der Waals surface area contributed by atoms with Crippen molar-refractivity contribution in [3.05, 3.63) is 53.6 Å². The maximum absolute atomic E-state index is 13.8. The molecule has 1 fully saturated rings. The molecule has 0 unspecified atom stereocenters. The van der Waals surface area contributed by atoms with Crippen molar-refractivity contribution in [1.82, 2.24) is 9.80 Å². The van der Waals surface area contributed by atoms with Gasteiger partial charge in [0, 0.05) is 38.8 Å². The van der Waals surface area contributed by atoms with Crippen LogP contribution in [-0.2, 0) is 11.3 Å². The Labute approximate surface area is 168 Å². The molecule has 1 atom stereocenters. The van der Waals surface area contributed by atoms with Crippen LogP contribution in [0.4, 0.5) is 14.5 Å². The molecule has 2 aliphatic rings. The molecule has 8 heteroatoms. The lowest BCUT2D eigenvalue weighted by molar-refractivity contribution is -0.121. The van der Waals surface area contributed by atoms with Gasteiger partial charge in [0.1, 0.15) is 11.6 Å². The molecule has 1 amide bonds. The van der Waals surface area contributed by atoms with Gasteiger partial charge in [-0.3, -0.25) is 14.6 Å². The van der Waals surface area contributed by atoms with Gasteiger partial charge in [-0.1, -0.05) is 6.07 Å². The number of benzene rings is 2. The van der Waals surface area contributed by atoms with Crippen molar-refractivity contribution in [1.29, 1.82) is 0 Å². The molecule has 0 aromatic heterocycles. The minimum atomic E-state index is -0.652. The van der Waals surface area contributed by atoms with E-state index in [1.807, 2.05) is 23.1 Å². The van der Waals surface area contributed by atoms with Gasteiger partial charge in [0.25, 0.3) is 0 Å². The van der Waals surface area contributed by atoms with Crippen LogP contribution >= 0.6 is 0 Å². The van der Waals surface area contributed by atoms with E-state index < -0.39 is 17.7 Å². The summed E-state index contributed by atoms with van der Waals surface area (Å²) in [5, 5.41) is 2.49. The molecule has 2 aliphatic heterocycles. The van der Waals surface area contributed by atoms with E-state index in [1.165, 1.54) is 0 Å². The lowest BCUT2D eigenvalue weighted by atomic mass is 10.1. The van der Waals surface area contributed by atoms with E-state index in [2.05, 4.69) is 10.2 Å². The van der Waals surface area contributed by atoms with Gasteiger partial charge < -0.3 is 14.8 Å². The molecular formula is C21H23F2N3O3. The average Bonchev–Trinajstić information content (AvgIpc) is 3.18. The highest BCUT2D eigenvalue weighted by molar-refractivity contribution is 5.94. The Morgan fingerprint density at radius 1 is 1.07 bits per heavy atom. The summed E-state index contributed by atoms with van der Waals surface area (Å²) in [6, 6.07) is 8.53. The number of nitrogens with one attached hydrogen (secondary N) is 1. The highest BCUT2D eigenvalue weighted by Crippen LogP contribution is 2.32. The molecule has 1 saturated heterocycles. The van der Waals surface area contributed by atoms with Crippen molar-refractivity contribution in [3.8, 4) is 11.5 Å². The number of piperazine rings is 1. The van der Waals surface area contributed by atoms with Crippen molar-refractivity contribution in [2.75, 3.05) is 38.3 Å². The summed E-state index contributed by atoms with van der Waals surface area (Å²) in [7, 11) is 0. The summed E-state index contributed by atoms with van der Waals surface area (Å²) in [5.41, 5.74) is 1.01. The minimum Gasteiger partial charge on any atom is -0.454 e. The molecule has 1 N–H and O–H groups in total. The van der Waals surface area contributed by atoms with Crippen molar-refractivity contribution in [3.63, 3.8) is 0 Å². The first kappa shape index (κ1) is 19.6. The molecule has 2 heterocycles. The second-order valence-corrected chi connectivity index (χ2v) is 7.29. The number of carbonyl (C=O) groups excluding carboxylic acids is 1. The smallest absolute Gasteiger partial charge is 0.241 e. The highest BCUT2D eigenvalue weighted by atomic mass is 19.1. The summed E-state index contributed by atoms with van der Waals surface area (Å²) >= 11 is 0. The second kappa shape index (κ2) is 8.34. The molecular weight excluding hydrogens is 380 g/mol. The number of fused-ring (bicyclic) bond motifs is 1. The third kappa shape index (κ3) is 4.49. The molecule has 0 spiro atoms. The SMILES string of the molecule is C[C@H](C(=O)Nc1cc(F)ccc1F)N1CCN(Cc2ccc3c(c2)OCO3)CC1. The fourth-order valence-electron chi connectivity index (χ4n) is 3.60. The van der Waals surface area contributed by atoms with E-state index >= 15 is 0 Å². The molecule has 2 aromatic rings. The van der Waals surface area contributed by atoms with E-state index in [9.17, 15) is 13.6 Å². The van der Waals surface area contributed by atoms with Crippen molar-refractivity contribution in [2.45, 2.75) is 19.5 Å². The molecule has 4 rings (SSSR count). The van der Waals surface area contributed by atoms with E-state index in [1.54, 1.807) is 6.92 Å². The van der Waals surface area contributed by atoms with Gasteiger partial charge >= 0.3 is 0 Å². The number of nitrogens with zero attached hydrogens (tertiary/aromatic N) is 2. The van der Waals surface area contributed by atoms with Crippen LogP contribution in [0.1, 0.15) is 12.5 Å². The molecule has 0 aliphatic carbocycles. The van der Waals surface area contributed by atoms with Gasteiger partial charge in [-0.05, 0) is 36.8 Å². The van der Waals surface area contributed by atoms with Crippen LogP contribution < -0.4 is 14.8 Å². The van der Waals surface area contributed by atoms with Crippen LogP contribution in [0.5, 0.6) is 11.5 Å². The van der Waals surface area contributed by atoms with Gasteiger partial charge in [-0.15, -0.1) is 0 Å². The van der Waals surface area contributed by atoms with E-state index in [0.29, 0.717) is 13.1 Å². The first-order chi connectivity index (χ1) is 14.0. The first-order valence-electron chi connectivity index (χ1n) is 9.60. The zero-order valence-electron chi connectivity index (χ0n) is 16.2. The summed E-state index contributed by atoms with van der Waals surface area (Å²) in [4.78, 5) is 16.8. The second-order valence-electron chi connectivity index (χ2n) is 7.29. The van der Waals surface area contributed by atoms with Gasteiger partial charge in [0.05, 0.1) is 11.7 Å². The quantitative estimate of drug-likeness (QED) is 0.832. The molecule has 2 aromatic carbocycles. The van der Waals surface area contributed by atoms with Crippen molar-refractivity contribution >= 4 is 11.6 Å². The standard InChI is InChI=1S/C21H23F2N3O3/c1-14(21(27)24-18-11-16(22)3-4-17(18)23)26-8-6-25(7-9-26)12-15-2-5-19-20(10-15)29-13-28-19/h2-5,10-11,14H,6-9,12-13H2,1H3,(H,24,27)/t14-/m1/s1. The number of hydrogen-bond donors (Lipinski definition) is 1. The normalized spacial score (nSPS) is 17.9. The Kier molecular flexibility index (Phi) is 5.64. The Hall–Kier alpha value is -2.71. The fraction of sp³-hybridized carbons (Fsp3) is 0.381. The molecule has 0 bridgehead atoms. The Morgan fingerprint density at radius 3 is 2.62 bits per heavy atom. The lowest BCUT2D eigenvalue weighted by Crippen LogP contribution is -2.52. The Bertz CT molecular complexity index is 901. The predicted octanol–water partition coefficient (Wildman–Crippen LogP) is 2.84. The molecule has 154 valence electrons. The predicted molar refractivity (Wildman–Crippen MR) is 104 cm³/mol. The molecule has 6 nitrogen and oxygen atoms in total. The van der Waals surface area contributed by atoms with Crippen LogP contribution in [0.15, 0.2) is 36.4 Å². The van der Waals surface area contributed by atoms with Gasteiger partial charge in [0.15, 0.2) is 11.5 Å². The fourth-order valence-corrected chi connectivity index (χ4v) is 3.60. The van der Waals surface area contributed by atoms with Crippen LogP contribution in [0.25, 0.3) is 0 Å². The van der Waals surface area contributed by atoms with Crippen LogP contribution in [-0.4, -0.2) is 54.7 Å². The first-order valence-corrected chi connectivity index (χ1v) is 9.60. The maximum atomic E-state index is 13.8. The number of hydrogen-bond acceptors (Lipinski definition) is 5. The number of ether oxygens (including phenoxy) is 2. The summed E-state index contributed by atoms with van der Waals surface area (Å²) in [6.07, 6.45) is 0. The summed E-state index contributed by atoms with van der Waals surface area (Å²) < 4.78 is 37.8. The number of halogens is 2. The van der Waals surface area contributed by atoms with Gasteiger partial charge in [-0.25, -0.2) is 8.78 Å². The largest absolute Gasteiger partial charge is 0.454 e. The highest BCUT2D eigenvalue weighted by Gasteiger charge is 2.26. The zero-order valence-corrected chi connectivity index (χ0v) is 16.2. The Balaban J connectivity index is 1.29. The third-order valence-corrected chi connectivity index (χ3v) is 5.36. The monoisotopic (exact) mass is 403 g/mol.